The van der Waals surface area contributed by atoms with Gasteiger partial charge in [-0.1, -0.05) is 6.92 Å². The first-order valence-electron chi connectivity index (χ1n) is 5.47. The predicted octanol–water partition coefficient (Wildman–Crippen LogP) is 2.22. The van der Waals surface area contributed by atoms with E-state index < -0.39 is 5.97 Å². The molecule has 2 rings (SSSR count). The fourth-order valence-corrected chi connectivity index (χ4v) is 1.94. The van der Waals surface area contributed by atoms with Crippen molar-refractivity contribution in [3.63, 3.8) is 0 Å². The molecule has 0 radical (unpaired) electrons. The number of nitrogens with one attached hydrogen (secondary N) is 1. The standard InChI is InChI=1S/C12H16N2O2/c1-6-4-9(6)14-10-5-7(2)13-8(3)11(10)12(15)16/h5-6,9H,4H2,1-3H3,(H,13,14)(H,15,16). The molecule has 0 saturated heterocycles. The third kappa shape index (κ3) is 2.01. The van der Waals surface area contributed by atoms with E-state index >= 15 is 0 Å². The maximum atomic E-state index is 11.2. The van der Waals surface area contributed by atoms with Crippen LogP contribution in [0.2, 0.25) is 0 Å². The van der Waals surface area contributed by atoms with Crippen molar-refractivity contribution in [1.82, 2.24) is 4.98 Å². The van der Waals surface area contributed by atoms with Crippen LogP contribution in [0.3, 0.4) is 0 Å². The number of anilines is 1. The third-order valence-electron chi connectivity index (χ3n) is 2.99. The Bertz CT molecular complexity index is 443. The van der Waals surface area contributed by atoms with E-state index in [2.05, 4.69) is 17.2 Å². The van der Waals surface area contributed by atoms with Gasteiger partial charge in [0.1, 0.15) is 5.56 Å². The molecule has 16 heavy (non-hydrogen) atoms. The molecule has 4 heteroatoms. The Balaban J connectivity index is 2.36. The van der Waals surface area contributed by atoms with Gasteiger partial charge in [0.2, 0.25) is 0 Å². The Morgan fingerprint density at radius 1 is 1.56 bits per heavy atom. The van der Waals surface area contributed by atoms with Gasteiger partial charge in [-0.25, -0.2) is 4.79 Å². The molecular weight excluding hydrogens is 204 g/mol. The average Bonchev–Trinajstić information content (AvgIpc) is 2.78. The lowest BCUT2D eigenvalue weighted by molar-refractivity contribution is 0.0696. The molecule has 1 aliphatic rings. The largest absolute Gasteiger partial charge is 0.478 e. The first kappa shape index (κ1) is 10.9. The highest BCUT2D eigenvalue weighted by Crippen LogP contribution is 2.34. The van der Waals surface area contributed by atoms with Crippen molar-refractivity contribution in [1.29, 1.82) is 0 Å². The molecule has 2 unspecified atom stereocenters. The Hall–Kier alpha value is -1.58. The van der Waals surface area contributed by atoms with Gasteiger partial charge < -0.3 is 10.4 Å². The highest BCUT2D eigenvalue weighted by atomic mass is 16.4. The van der Waals surface area contributed by atoms with Crippen molar-refractivity contribution < 1.29 is 9.90 Å². The molecule has 0 spiro atoms. The van der Waals surface area contributed by atoms with Crippen LogP contribution in [0.4, 0.5) is 5.69 Å². The smallest absolute Gasteiger partial charge is 0.339 e. The summed E-state index contributed by atoms with van der Waals surface area (Å²) in [5, 5.41) is 12.4. The lowest BCUT2D eigenvalue weighted by atomic mass is 10.1. The van der Waals surface area contributed by atoms with Crippen LogP contribution in [0.25, 0.3) is 0 Å². The fraction of sp³-hybridized carbons (Fsp3) is 0.500. The summed E-state index contributed by atoms with van der Waals surface area (Å²) in [5.41, 5.74) is 2.41. The number of carboxylic acids is 1. The van der Waals surface area contributed by atoms with Gasteiger partial charge in [-0.05, 0) is 32.3 Å². The Labute approximate surface area is 94.7 Å². The van der Waals surface area contributed by atoms with Crippen molar-refractivity contribution >= 4 is 11.7 Å². The van der Waals surface area contributed by atoms with Crippen LogP contribution >= 0.6 is 0 Å². The molecule has 1 heterocycles. The summed E-state index contributed by atoms with van der Waals surface area (Å²) >= 11 is 0. The maximum Gasteiger partial charge on any atom is 0.339 e. The summed E-state index contributed by atoms with van der Waals surface area (Å²) in [6.07, 6.45) is 1.11. The second-order valence-corrected chi connectivity index (χ2v) is 4.54. The summed E-state index contributed by atoms with van der Waals surface area (Å²) in [4.78, 5) is 15.3. The SMILES string of the molecule is Cc1cc(NC2CC2C)c(C(=O)O)c(C)n1. The first-order valence-corrected chi connectivity index (χ1v) is 5.47. The number of nitrogens with zero attached hydrogens (tertiary/aromatic N) is 1. The molecule has 1 fully saturated rings. The molecule has 4 nitrogen and oxygen atoms in total. The van der Waals surface area contributed by atoms with E-state index in [4.69, 9.17) is 5.11 Å². The number of carboxylic acid groups (broad SMARTS) is 1. The van der Waals surface area contributed by atoms with E-state index in [0.717, 1.165) is 12.1 Å². The van der Waals surface area contributed by atoms with E-state index in [1.165, 1.54) is 0 Å². The van der Waals surface area contributed by atoms with Crippen molar-refractivity contribution in [3.8, 4) is 0 Å². The summed E-state index contributed by atoms with van der Waals surface area (Å²) < 4.78 is 0. The fourth-order valence-electron chi connectivity index (χ4n) is 1.94. The minimum Gasteiger partial charge on any atom is -0.478 e. The average molecular weight is 220 g/mol. The van der Waals surface area contributed by atoms with Crippen LogP contribution < -0.4 is 5.32 Å². The molecule has 86 valence electrons. The van der Waals surface area contributed by atoms with E-state index in [1.54, 1.807) is 6.92 Å². The zero-order chi connectivity index (χ0) is 11.9. The molecule has 1 aromatic heterocycles. The summed E-state index contributed by atoms with van der Waals surface area (Å²) in [6.45, 7) is 5.76. The maximum absolute atomic E-state index is 11.2. The number of aromatic carboxylic acids is 1. The minimum atomic E-state index is -0.916. The minimum absolute atomic E-state index is 0.296. The van der Waals surface area contributed by atoms with Gasteiger partial charge in [-0.3, -0.25) is 4.98 Å². The number of carbonyl (C=O) groups is 1. The van der Waals surface area contributed by atoms with Crippen LogP contribution in [-0.2, 0) is 0 Å². The van der Waals surface area contributed by atoms with Crippen LogP contribution in [0.5, 0.6) is 0 Å². The van der Waals surface area contributed by atoms with Gasteiger partial charge in [0.05, 0.1) is 11.4 Å². The highest BCUT2D eigenvalue weighted by molar-refractivity contribution is 5.95. The number of pyridine rings is 1. The van der Waals surface area contributed by atoms with Crippen LogP contribution in [0.15, 0.2) is 6.07 Å². The third-order valence-corrected chi connectivity index (χ3v) is 2.99. The van der Waals surface area contributed by atoms with Crippen molar-refractivity contribution in [2.24, 2.45) is 5.92 Å². The van der Waals surface area contributed by atoms with Gasteiger partial charge >= 0.3 is 5.97 Å². The summed E-state index contributed by atoms with van der Waals surface area (Å²) in [6, 6.07) is 2.22. The molecule has 0 bridgehead atoms. The summed E-state index contributed by atoms with van der Waals surface area (Å²) in [5.74, 6) is -0.281. The van der Waals surface area contributed by atoms with Crippen LogP contribution in [0, 0.1) is 19.8 Å². The van der Waals surface area contributed by atoms with Crippen LogP contribution in [0.1, 0.15) is 35.1 Å². The molecule has 1 aliphatic carbocycles. The highest BCUT2D eigenvalue weighted by Gasteiger charge is 2.33. The van der Waals surface area contributed by atoms with Crippen molar-refractivity contribution in [3.05, 3.63) is 23.0 Å². The topological polar surface area (TPSA) is 62.2 Å². The number of hydrogen-bond donors (Lipinski definition) is 2. The zero-order valence-corrected chi connectivity index (χ0v) is 9.74. The van der Waals surface area contributed by atoms with E-state index in [0.29, 0.717) is 28.9 Å². The van der Waals surface area contributed by atoms with Crippen molar-refractivity contribution in [2.75, 3.05) is 5.32 Å². The Kier molecular flexibility index (Phi) is 2.58. The van der Waals surface area contributed by atoms with Gasteiger partial charge in [-0.2, -0.15) is 0 Å². The molecule has 1 saturated carbocycles. The number of rotatable bonds is 3. The second-order valence-electron chi connectivity index (χ2n) is 4.54. The molecule has 2 atom stereocenters. The van der Waals surface area contributed by atoms with E-state index in [1.807, 2.05) is 13.0 Å². The molecule has 1 aromatic rings. The van der Waals surface area contributed by atoms with Gasteiger partial charge in [0.15, 0.2) is 0 Å². The Morgan fingerprint density at radius 3 is 2.69 bits per heavy atom. The number of hydrogen-bond acceptors (Lipinski definition) is 3. The normalized spacial score (nSPS) is 22.9. The zero-order valence-electron chi connectivity index (χ0n) is 9.74. The molecule has 0 aliphatic heterocycles. The molecule has 0 aromatic carbocycles. The van der Waals surface area contributed by atoms with Gasteiger partial charge in [0, 0.05) is 11.7 Å². The number of aryl methyl sites for hydroxylation is 2. The lowest BCUT2D eigenvalue weighted by Crippen LogP contribution is -2.12. The van der Waals surface area contributed by atoms with Gasteiger partial charge in [-0.15, -0.1) is 0 Å². The summed E-state index contributed by atoms with van der Waals surface area (Å²) in [7, 11) is 0. The predicted molar refractivity (Wildman–Crippen MR) is 61.9 cm³/mol. The van der Waals surface area contributed by atoms with Crippen molar-refractivity contribution in [2.45, 2.75) is 33.2 Å². The molecule has 0 amide bonds. The monoisotopic (exact) mass is 220 g/mol. The van der Waals surface area contributed by atoms with Crippen LogP contribution in [-0.4, -0.2) is 22.1 Å². The van der Waals surface area contributed by atoms with E-state index in [9.17, 15) is 4.79 Å². The Morgan fingerprint density at radius 2 is 2.19 bits per heavy atom. The molecule has 2 N–H and O–H groups in total. The molecular formula is C12H16N2O2. The second kappa shape index (κ2) is 3.77. The van der Waals surface area contributed by atoms with E-state index in [-0.39, 0.29) is 0 Å². The number of aromatic nitrogens is 1. The first-order chi connectivity index (χ1) is 7.49. The lowest BCUT2D eigenvalue weighted by Gasteiger charge is -2.11. The van der Waals surface area contributed by atoms with Gasteiger partial charge in [0.25, 0.3) is 0 Å². The quantitative estimate of drug-likeness (QED) is 0.819.